The summed E-state index contributed by atoms with van der Waals surface area (Å²) in [5.41, 5.74) is 2.48. The molecule has 1 aliphatic rings. The topological polar surface area (TPSA) is 32.3 Å². The minimum Gasteiger partial charge on any atom is -0.377 e. The van der Waals surface area contributed by atoms with Gasteiger partial charge >= 0.3 is 0 Å². The quantitative estimate of drug-likeness (QED) is 0.877. The summed E-state index contributed by atoms with van der Waals surface area (Å²) < 4.78 is 13.0. The van der Waals surface area contributed by atoms with Crippen LogP contribution in [0.25, 0.3) is 0 Å². The van der Waals surface area contributed by atoms with Crippen molar-refractivity contribution in [2.24, 2.45) is 0 Å². The van der Waals surface area contributed by atoms with Gasteiger partial charge in [-0.05, 0) is 50.2 Å². The highest BCUT2D eigenvalue weighted by atomic mass is 19.1. The van der Waals surface area contributed by atoms with E-state index in [9.17, 15) is 9.18 Å². The molecule has 4 heteroatoms. The van der Waals surface area contributed by atoms with Crippen molar-refractivity contribution in [1.29, 1.82) is 0 Å². The number of carbonyl (C=O) groups is 1. The number of hydrogen-bond donors (Lipinski definition) is 1. The number of ketones is 1. The lowest BCUT2D eigenvalue weighted by atomic mass is 9.98. The van der Waals surface area contributed by atoms with E-state index in [0.29, 0.717) is 5.56 Å². The van der Waals surface area contributed by atoms with Crippen LogP contribution < -0.4 is 10.2 Å². The molecule has 1 aliphatic heterocycles. The molecule has 2 aromatic rings. The first-order chi connectivity index (χ1) is 10.4. The van der Waals surface area contributed by atoms with E-state index in [1.807, 2.05) is 24.3 Å². The van der Waals surface area contributed by atoms with Gasteiger partial charge in [0.25, 0.3) is 0 Å². The molecule has 0 aromatic heterocycles. The molecule has 114 valence electrons. The van der Waals surface area contributed by atoms with Crippen molar-refractivity contribution in [3.63, 3.8) is 0 Å². The zero-order valence-electron chi connectivity index (χ0n) is 12.8. The molecule has 3 rings (SSSR count). The molecule has 22 heavy (non-hydrogen) atoms. The van der Waals surface area contributed by atoms with E-state index in [0.717, 1.165) is 17.9 Å². The first-order valence-electron chi connectivity index (χ1n) is 7.35. The van der Waals surface area contributed by atoms with Crippen LogP contribution in [0.4, 0.5) is 15.8 Å². The highest BCUT2D eigenvalue weighted by Crippen LogP contribution is 2.34. The van der Waals surface area contributed by atoms with Crippen LogP contribution >= 0.6 is 0 Å². The molecule has 1 heterocycles. The maximum absolute atomic E-state index is 13.0. The fourth-order valence-corrected chi connectivity index (χ4v) is 2.86. The van der Waals surface area contributed by atoms with Crippen molar-refractivity contribution >= 4 is 17.2 Å². The number of nitrogens with zero attached hydrogens (tertiary/aromatic N) is 1. The first kappa shape index (κ1) is 14.6. The van der Waals surface area contributed by atoms with Gasteiger partial charge < -0.3 is 10.2 Å². The summed E-state index contributed by atoms with van der Waals surface area (Å²) in [6.45, 7) is 5.24. The van der Waals surface area contributed by atoms with Crippen LogP contribution in [0.15, 0.2) is 48.5 Å². The number of benzene rings is 2. The van der Waals surface area contributed by atoms with Crippen molar-refractivity contribution in [2.75, 3.05) is 23.3 Å². The fraction of sp³-hybridized carbons (Fsp3) is 0.278. The lowest BCUT2D eigenvalue weighted by molar-refractivity contribution is 0.0998. The Balaban J connectivity index is 1.85. The van der Waals surface area contributed by atoms with E-state index < -0.39 is 0 Å². The standard InChI is InChI=1S/C18H19FN2O/c1-18(2)12-21(16-6-4-3-5-15(16)20-18)11-17(22)13-7-9-14(19)10-8-13/h3-10,20H,11-12H2,1-2H3. The lowest BCUT2D eigenvalue weighted by Crippen LogP contribution is -2.50. The summed E-state index contributed by atoms with van der Waals surface area (Å²) in [6.07, 6.45) is 0. The average molecular weight is 298 g/mol. The molecular weight excluding hydrogens is 279 g/mol. The predicted molar refractivity (Wildman–Crippen MR) is 87.1 cm³/mol. The number of para-hydroxylation sites is 2. The van der Waals surface area contributed by atoms with Crippen LogP contribution in [0.5, 0.6) is 0 Å². The van der Waals surface area contributed by atoms with E-state index in [2.05, 4.69) is 24.1 Å². The van der Waals surface area contributed by atoms with Gasteiger partial charge in [0.2, 0.25) is 0 Å². The smallest absolute Gasteiger partial charge is 0.182 e. The molecule has 2 aromatic carbocycles. The summed E-state index contributed by atoms with van der Waals surface area (Å²) in [5, 5.41) is 3.48. The number of carbonyl (C=O) groups excluding carboxylic acids is 1. The second-order valence-electron chi connectivity index (χ2n) is 6.31. The molecule has 0 saturated heterocycles. The monoisotopic (exact) mass is 298 g/mol. The van der Waals surface area contributed by atoms with Gasteiger partial charge in [-0.25, -0.2) is 4.39 Å². The Hall–Kier alpha value is -2.36. The number of Topliss-reactive ketones (excluding diaryl/α,β-unsaturated/α-hetero) is 1. The maximum Gasteiger partial charge on any atom is 0.182 e. The molecule has 1 N–H and O–H groups in total. The zero-order valence-corrected chi connectivity index (χ0v) is 12.8. The first-order valence-corrected chi connectivity index (χ1v) is 7.35. The molecule has 0 atom stereocenters. The van der Waals surface area contributed by atoms with E-state index >= 15 is 0 Å². The van der Waals surface area contributed by atoms with E-state index in [4.69, 9.17) is 0 Å². The number of anilines is 2. The molecule has 3 nitrogen and oxygen atoms in total. The van der Waals surface area contributed by atoms with Gasteiger partial charge in [-0.2, -0.15) is 0 Å². The average Bonchev–Trinajstić information content (AvgIpc) is 2.46. The third-order valence-electron chi connectivity index (χ3n) is 3.80. The van der Waals surface area contributed by atoms with Crippen molar-refractivity contribution in [3.05, 3.63) is 59.9 Å². The van der Waals surface area contributed by atoms with Crippen molar-refractivity contribution in [2.45, 2.75) is 19.4 Å². The molecule has 0 unspecified atom stereocenters. The largest absolute Gasteiger partial charge is 0.377 e. The third kappa shape index (κ3) is 2.96. The van der Waals surface area contributed by atoms with Crippen LogP contribution in [0, 0.1) is 5.82 Å². The fourth-order valence-electron chi connectivity index (χ4n) is 2.86. The van der Waals surface area contributed by atoms with Crippen molar-refractivity contribution in [1.82, 2.24) is 0 Å². The minimum absolute atomic E-state index is 0.00694. The molecule has 0 fully saturated rings. The molecule has 0 saturated carbocycles. The van der Waals surface area contributed by atoms with Crippen molar-refractivity contribution < 1.29 is 9.18 Å². The summed E-state index contributed by atoms with van der Waals surface area (Å²) in [7, 11) is 0. The Kier molecular flexibility index (Phi) is 3.61. The number of hydrogen-bond acceptors (Lipinski definition) is 3. The van der Waals surface area contributed by atoms with Gasteiger partial charge in [0, 0.05) is 17.6 Å². The summed E-state index contributed by atoms with van der Waals surface area (Å²) in [6, 6.07) is 13.7. The minimum atomic E-state index is -0.329. The zero-order chi connectivity index (χ0) is 15.7. The molecule has 0 aliphatic carbocycles. The van der Waals surface area contributed by atoms with Crippen LogP contribution in [0.2, 0.25) is 0 Å². The summed E-state index contributed by atoms with van der Waals surface area (Å²) in [5.74, 6) is -0.335. The highest BCUT2D eigenvalue weighted by Gasteiger charge is 2.30. The summed E-state index contributed by atoms with van der Waals surface area (Å²) in [4.78, 5) is 14.5. The number of fused-ring (bicyclic) bond motifs is 1. The molecule has 0 radical (unpaired) electrons. The molecule has 0 bridgehead atoms. The van der Waals surface area contributed by atoms with Crippen molar-refractivity contribution in [3.8, 4) is 0 Å². The van der Waals surface area contributed by atoms with Gasteiger partial charge in [0.05, 0.1) is 17.9 Å². The normalized spacial score (nSPS) is 15.9. The number of rotatable bonds is 3. The highest BCUT2D eigenvalue weighted by molar-refractivity contribution is 5.99. The summed E-state index contributed by atoms with van der Waals surface area (Å²) >= 11 is 0. The van der Waals surface area contributed by atoms with Gasteiger partial charge in [-0.1, -0.05) is 12.1 Å². The van der Waals surface area contributed by atoms with Gasteiger partial charge in [-0.3, -0.25) is 4.79 Å². The second kappa shape index (κ2) is 5.44. The molecular formula is C18H19FN2O. The van der Waals surface area contributed by atoms with Gasteiger partial charge in [0.1, 0.15) is 5.82 Å². The predicted octanol–water partition coefficient (Wildman–Crippen LogP) is 3.72. The van der Waals surface area contributed by atoms with Gasteiger partial charge in [0.15, 0.2) is 5.78 Å². The van der Waals surface area contributed by atoms with Gasteiger partial charge in [-0.15, -0.1) is 0 Å². The number of nitrogens with one attached hydrogen (secondary N) is 1. The Morgan fingerprint density at radius 1 is 1.18 bits per heavy atom. The number of halogens is 1. The third-order valence-corrected chi connectivity index (χ3v) is 3.80. The lowest BCUT2D eigenvalue weighted by Gasteiger charge is -2.41. The second-order valence-corrected chi connectivity index (χ2v) is 6.31. The Morgan fingerprint density at radius 2 is 1.86 bits per heavy atom. The Labute approximate surface area is 129 Å². The van der Waals surface area contributed by atoms with Crippen LogP contribution in [0.1, 0.15) is 24.2 Å². The van der Waals surface area contributed by atoms with E-state index in [-0.39, 0.29) is 23.7 Å². The van der Waals surface area contributed by atoms with Crippen LogP contribution in [-0.4, -0.2) is 24.4 Å². The molecule has 0 amide bonds. The Morgan fingerprint density at radius 3 is 2.59 bits per heavy atom. The Bertz CT molecular complexity index is 694. The van der Waals surface area contributed by atoms with Crippen LogP contribution in [0.3, 0.4) is 0 Å². The maximum atomic E-state index is 13.0. The molecule has 0 spiro atoms. The SMILES string of the molecule is CC1(C)CN(CC(=O)c2ccc(F)cc2)c2ccccc2N1. The van der Waals surface area contributed by atoms with E-state index in [1.165, 1.54) is 24.3 Å². The van der Waals surface area contributed by atoms with Crippen LogP contribution in [-0.2, 0) is 0 Å². The van der Waals surface area contributed by atoms with E-state index in [1.54, 1.807) is 0 Å².